The van der Waals surface area contributed by atoms with Gasteiger partial charge in [-0.05, 0) is 19.1 Å². The molecule has 6 heteroatoms. The zero-order valence-corrected chi connectivity index (χ0v) is 11.1. The maximum Gasteiger partial charge on any atom is 0.136 e. The molecule has 1 atom stereocenters. The number of hydrogen-bond acceptors (Lipinski definition) is 5. The lowest BCUT2D eigenvalue weighted by Gasteiger charge is -2.23. The summed E-state index contributed by atoms with van der Waals surface area (Å²) in [5.74, 6) is 0.705. The highest BCUT2D eigenvalue weighted by atomic mass is 32.1. The van der Waals surface area contributed by atoms with Crippen LogP contribution in [0.25, 0.3) is 0 Å². The van der Waals surface area contributed by atoms with E-state index in [-0.39, 0.29) is 6.10 Å². The summed E-state index contributed by atoms with van der Waals surface area (Å²) in [6.07, 6.45) is 0.0419. The van der Waals surface area contributed by atoms with E-state index in [0.29, 0.717) is 37.2 Å². The Morgan fingerprint density at radius 1 is 1.56 bits per heavy atom. The molecule has 0 radical (unpaired) electrons. The van der Waals surface area contributed by atoms with E-state index in [1.807, 2.05) is 19.1 Å². The van der Waals surface area contributed by atoms with Crippen molar-refractivity contribution in [1.82, 2.24) is 4.98 Å². The molecule has 1 fully saturated rings. The van der Waals surface area contributed by atoms with E-state index in [4.69, 9.17) is 27.4 Å². The van der Waals surface area contributed by atoms with Gasteiger partial charge in [-0.2, -0.15) is 0 Å². The Kier molecular flexibility index (Phi) is 4.46. The Morgan fingerprint density at radius 2 is 2.39 bits per heavy atom. The fourth-order valence-electron chi connectivity index (χ4n) is 1.76. The van der Waals surface area contributed by atoms with Gasteiger partial charge in [0.05, 0.1) is 31.5 Å². The molecule has 1 aliphatic heterocycles. The second-order valence-electron chi connectivity index (χ2n) is 4.16. The van der Waals surface area contributed by atoms with Gasteiger partial charge in [0.2, 0.25) is 0 Å². The van der Waals surface area contributed by atoms with Crippen molar-refractivity contribution in [3.63, 3.8) is 0 Å². The molecule has 1 aromatic heterocycles. The Labute approximate surface area is 112 Å². The molecule has 2 heterocycles. The van der Waals surface area contributed by atoms with Gasteiger partial charge in [0.15, 0.2) is 0 Å². The zero-order valence-electron chi connectivity index (χ0n) is 10.3. The van der Waals surface area contributed by atoms with Crippen LogP contribution in [0, 0.1) is 6.92 Å². The van der Waals surface area contributed by atoms with Crippen LogP contribution in [0.5, 0.6) is 0 Å². The van der Waals surface area contributed by atoms with E-state index in [0.717, 1.165) is 11.3 Å². The van der Waals surface area contributed by atoms with E-state index >= 15 is 0 Å². The highest BCUT2D eigenvalue weighted by Gasteiger charge is 2.15. The lowest BCUT2D eigenvalue weighted by molar-refractivity contribution is -0.0819. The summed E-state index contributed by atoms with van der Waals surface area (Å²) in [6, 6.07) is 3.77. The number of pyridine rings is 1. The van der Waals surface area contributed by atoms with Gasteiger partial charge in [-0.25, -0.2) is 4.98 Å². The van der Waals surface area contributed by atoms with Crippen molar-refractivity contribution >= 4 is 23.0 Å². The number of thiocarbonyl (C=S) groups is 1. The summed E-state index contributed by atoms with van der Waals surface area (Å²) in [7, 11) is 0. The summed E-state index contributed by atoms with van der Waals surface area (Å²) < 4.78 is 10.9. The van der Waals surface area contributed by atoms with Crippen LogP contribution in [0.2, 0.25) is 0 Å². The second kappa shape index (κ2) is 6.08. The Balaban J connectivity index is 2.03. The first-order chi connectivity index (χ1) is 8.66. The summed E-state index contributed by atoms with van der Waals surface area (Å²) in [4.78, 5) is 4.74. The van der Waals surface area contributed by atoms with Crippen LogP contribution < -0.4 is 11.1 Å². The number of aromatic nitrogens is 1. The van der Waals surface area contributed by atoms with Crippen molar-refractivity contribution in [3.05, 3.63) is 23.4 Å². The summed E-state index contributed by atoms with van der Waals surface area (Å²) >= 11 is 5.01. The topological polar surface area (TPSA) is 69.4 Å². The predicted molar refractivity (Wildman–Crippen MR) is 73.9 cm³/mol. The average Bonchev–Trinajstić information content (AvgIpc) is 2.37. The number of anilines is 1. The first-order valence-electron chi connectivity index (χ1n) is 5.87. The Bertz CT molecular complexity index is 433. The number of ether oxygens (including phenoxy) is 2. The first-order valence-corrected chi connectivity index (χ1v) is 6.28. The first kappa shape index (κ1) is 13.2. The third-order valence-corrected chi connectivity index (χ3v) is 2.90. The van der Waals surface area contributed by atoms with Gasteiger partial charge in [-0.15, -0.1) is 0 Å². The summed E-state index contributed by atoms with van der Waals surface area (Å²) in [5, 5.41) is 3.22. The highest BCUT2D eigenvalue weighted by Crippen LogP contribution is 2.14. The van der Waals surface area contributed by atoms with Crippen molar-refractivity contribution in [2.75, 3.05) is 31.7 Å². The molecule has 1 unspecified atom stereocenters. The lowest BCUT2D eigenvalue weighted by atomic mass is 10.2. The average molecular weight is 267 g/mol. The lowest BCUT2D eigenvalue weighted by Crippen LogP contribution is -2.34. The van der Waals surface area contributed by atoms with E-state index in [1.54, 1.807) is 0 Å². The fourth-order valence-corrected chi connectivity index (χ4v) is 1.92. The van der Waals surface area contributed by atoms with Gasteiger partial charge < -0.3 is 20.5 Å². The van der Waals surface area contributed by atoms with Gasteiger partial charge in [-0.1, -0.05) is 12.2 Å². The van der Waals surface area contributed by atoms with Crippen molar-refractivity contribution < 1.29 is 9.47 Å². The minimum Gasteiger partial charge on any atom is -0.389 e. The second-order valence-corrected chi connectivity index (χ2v) is 4.60. The van der Waals surface area contributed by atoms with Gasteiger partial charge in [0.25, 0.3) is 0 Å². The molecular weight excluding hydrogens is 250 g/mol. The molecule has 2 rings (SSSR count). The number of nitrogens with two attached hydrogens (primary N) is 1. The Hall–Kier alpha value is -1.24. The third kappa shape index (κ3) is 3.38. The molecule has 1 aliphatic rings. The number of nitrogens with one attached hydrogen (secondary N) is 1. The Morgan fingerprint density at radius 3 is 3.06 bits per heavy atom. The normalized spacial score (nSPS) is 19.5. The van der Waals surface area contributed by atoms with Gasteiger partial charge in [0, 0.05) is 12.2 Å². The van der Waals surface area contributed by atoms with Crippen molar-refractivity contribution in [1.29, 1.82) is 0 Å². The third-order valence-electron chi connectivity index (χ3n) is 2.68. The van der Waals surface area contributed by atoms with Crippen molar-refractivity contribution in [3.8, 4) is 0 Å². The molecule has 0 amide bonds. The minimum absolute atomic E-state index is 0.0419. The summed E-state index contributed by atoms with van der Waals surface area (Å²) in [6.45, 7) is 4.45. The van der Waals surface area contributed by atoms with Crippen LogP contribution in [0.4, 0.5) is 5.82 Å². The number of hydrogen-bond donors (Lipinski definition) is 2. The molecule has 0 aromatic carbocycles. The molecule has 0 spiro atoms. The van der Waals surface area contributed by atoms with Crippen LogP contribution in [0.3, 0.4) is 0 Å². The maximum absolute atomic E-state index is 5.67. The molecule has 0 bridgehead atoms. The SMILES string of the molecule is Cc1ccc(C(N)=S)c(NCC2COCCO2)n1. The van der Waals surface area contributed by atoms with E-state index in [9.17, 15) is 0 Å². The molecule has 5 nitrogen and oxygen atoms in total. The smallest absolute Gasteiger partial charge is 0.136 e. The summed E-state index contributed by atoms with van der Waals surface area (Å²) in [5.41, 5.74) is 7.34. The predicted octanol–water partition coefficient (Wildman–Crippen LogP) is 0.852. The standard InChI is InChI=1S/C12H17N3O2S/c1-8-2-3-10(11(13)18)12(15-8)14-6-9-7-16-4-5-17-9/h2-3,9H,4-7H2,1H3,(H2,13,18)(H,14,15). The van der Waals surface area contributed by atoms with Crippen LogP contribution in [0.15, 0.2) is 12.1 Å². The highest BCUT2D eigenvalue weighted by molar-refractivity contribution is 7.80. The van der Waals surface area contributed by atoms with Crippen LogP contribution in [0.1, 0.15) is 11.3 Å². The van der Waals surface area contributed by atoms with E-state index < -0.39 is 0 Å². The van der Waals surface area contributed by atoms with Crippen molar-refractivity contribution in [2.24, 2.45) is 5.73 Å². The number of rotatable bonds is 4. The zero-order chi connectivity index (χ0) is 13.0. The molecule has 98 valence electrons. The van der Waals surface area contributed by atoms with Crippen LogP contribution in [-0.2, 0) is 9.47 Å². The minimum atomic E-state index is 0.0419. The largest absolute Gasteiger partial charge is 0.389 e. The van der Waals surface area contributed by atoms with Crippen molar-refractivity contribution in [2.45, 2.75) is 13.0 Å². The molecule has 1 saturated heterocycles. The van der Waals surface area contributed by atoms with Crippen LogP contribution >= 0.6 is 12.2 Å². The molecule has 1 aromatic rings. The molecule has 3 N–H and O–H groups in total. The fraction of sp³-hybridized carbons (Fsp3) is 0.500. The van der Waals surface area contributed by atoms with Gasteiger partial charge in [0.1, 0.15) is 10.8 Å². The van der Waals surface area contributed by atoms with E-state index in [2.05, 4.69) is 10.3 Å². The number of aryl methyl sites for hydroxylation is 1. The maximum atomic E-state index is 5.67. The molecule has 0 aliphatic carbocycles. The van der Waals surface area contributed by atoms with Crippen LogP contribution in [-0.4, -0.2) is 42.4 Å². The number of nitrogens with zero attached hydrogens (tertiary/aromatic N) is 1. The van der Waals surface area contributed by atoms with Gasteiger partial charge >= 0.3 is 0 Å². The molecular formula is C12H17N3O2S. The molecule has 0 saturated carbocycles. The van der Waals surface area contributed by atoms with E-state index in [1.165, 1.54) is 0 Å². The monoisotopic (exact) mass is 267 g/mol. The quantitative estimate of drug-likeness (QED) is 0.788. The molecule has 18 heavy (non-hydrogen) atoms. The van der Waals surface area contributed by atoms with Gasteiger partial charge in [-0.3, -0.25) is 0 Å².